The van der Waals surface area contributed by atoms with E-state index in [9.17, 15) is 9.59 Å². The Balaban J connectivity index is 1.94. The predicted octanol–water partition coefficient (Wildman–Crippen LogP) is 2.27. The molecule has 0 fully saturated rings. The molecule has 0 aromatic heterocycles. The van der Waals surface area contributed by atoms with Crippen molar-refractivity contribution in [2.45, 2.75) is 25.8 Å². The van der Waals surface area contributed by atoms with E-state index in [1.54, 1.807) is 12.1 Å². The van der Waals surface area contributed by atoms with Gasteiger partial charge in [-0.25, -0.2) is 0 Å². The average Bonchev–Trinajstić information content (AvgIpc) is 2.52. The molecule has 0 saturated carbocycles. The lowest BCUT2D eigenvalue weighted by Crippen LogP contribution is -2.37. The van der Waals surface area contributed by atoms with Crippen LogP contribution in [0.3, 0.4) is 0 Å². The van der Waals surface area contributed by atoms with E-state index < -0.39 is 11.9 Å². The zero-order valence-corrected chi connectivity index (χ0v) is 12.6. The first-order valence-electron chi connectivity index (χ1n) is 7.25. The summed E-state index contributed by atoms with van der Waals surface area (Å²) in [4.78, 5) is 23.6. The Morgan fingerprint density at radius 2 is 1.68 bits per heavy atom. The lowest BCUT2D eigenvalue weighted by Gasteiger charge is -2.15. The minimum absolute atomic E-state index is 0.187. The number of rotatable bonds is 6. The second kappa shape index (κ2) is 7.41. The van der Waals surface area contributed by atoms with Gasteiger partial charge in [-0.15, -0.1) is 0 Å². The van der Waals surface area contributed by atoms with Crippen LogP contribution in [0.1, 0.15) is 29.2 Å². The predicted molar refractivity (Wildman–Crippen MR) is 86.0 cm³/mol. The van der Waals surface area contributed by atoms with Crippen LogP contribution in [0, 0.1) is 6.92 Å². The van der Waals surface area contributed by atoms with Crippen LogP contribution >= 0.6 is 0 Å². The number of carbonyl (C=O) groups excluding carboxylic acids is 2. The highest BCUT2D eigenvalue weighted by atomic mass is 16.2. The van der Waals surface area contributed by atoms with E-state index >= 15 is 0 Å². The number of amides is 2. The normalized spacial score (nSPS) is 11.7. The van der Waals surface area contributed by atoms with E-state index in [1.807, 2.05) is 49.4 Å². The molecular weight excluding hydrogens is 276 g/mol. The number of aryl methyl sites for hydroxylation is 2. The van der Waals surface area contributed by atoms with E-state index in [1.165, 1.54) is 5.56 Å². The average molecular weight is 296 g/mol. The van der Waals surface area contributed by atoms with Gasteiger partial charge < -0.3 is 11.1 Å². The number of hydrogen-bond donors (Lipinski definition) is 2. The summed E-state index contributed by atoms with van der Waals surface area (Å²) in [5, 5.41) is 2.70. The third-order valence-corrected chi connectivity index (χ3v) is 3.48. The SMILES string of the molecule is Cc1ccc(CCC(=O)N[C@@H](C(N)=O)c2ccccc2)cc1. The van der Waals surface area contributed by atoms with Crippen LogP contribution < -0.4 is 11.1 Å². The summed E-state index contributed by atoms with van der Waals surface area (Å²) in [5.74, 6) is -0.747. The first kappa shape index (κ1) is 15.8. The highest BCUT2D eigenvalue weighted by molar-refractivity contribution is 5.87. The Morgan fingerprint density at radius 3 is 2.27 bits per heavy atom. The first-order valence-corrected chi connectivity index (χ1v) is 7.25. The van der Waals surface area contributed by atoms with Gasteiger partial charge in [0.2, 0.25) is 11.8 Å². The third-order valence-electron chi connectivity index (χ3n) is 3.48. The van der Waals surface area contributed by atoms with E-state index in [2.05, 4.69) is 5.32 Å². The maximum absolute atomic E-state index is 12.1. The van der Waals surface area contributed by atoms with Crippen molar-refractivity contribution in [1.29, 1.82) is 0 Å². The topological polar surface area (TPSA) is 72.2 Å². The van der Waals surface area contributed by atoms with Gasteiger partial charge in [-0.1, -0.05) is 60.2 Å². The van der Waals surface area contributed by atoms with Gasteiger partial charge in [-0.3, -0.25) is 9.59 Å². The van der Waals surface area contributed by atoms with E-state index in [0.717, 1.165) is 5.56 Å². The zero-order chi connectivity index (χ0) is 15.9. The van der Waals surface area contributed by atoms with Crippen molar-refractivity contribution in [2.24, 2.45) is 5.73 Å². The maximum atomic E-state index is 12.1. The molecule has 0 aliphatic carbocycles. The van der Waals surface area contributed by atoms with Gasteiger partial charge >= 0.3 is 0 Å². The number of nitrogens with two attached hydrogens (primary N) is 1. The molecule has 0 aliphatic rings. The van der Waals surface area contributed by atoms with Crippen molar-refractivity contribution < 1.29 is 9.59 Å². The minimum atomic E-state index is -0.785. The second-order valence-corrected chi connectivity index (χ2v) is 5.30. The van der Waals surface area contributed by atoms with Gasteiger partial charge in [-0.2, -0.15) is 0 Å². The monoisotopic (exact) mass is 296 g/mol. The fourth-order valence-electron chi connectivity index (χ4n) is 2.21. The molecule has 2 aromatic carbocycles. The number of nitrogens with one attached hydrogen (secondary N) is 1. The minimum Gasteiger partial charge on any atom is -0.368 e. The number of hydrogen-bond acceptors (Lipinski definition) is 2. The van der Waals surface area contributed by atoms with Crippen molar-refractivity contribution >= 4 is 11.8 Å². The first-order chi connectivity index (χ1) is 10.6. The molecule has 1 atom stereocenters. The molecule has 0 aliphatic heterocycles. The molecule has 0 bridgehead atoms. The smallest absolute Gasteiger partial charge is 0.244 e. The van der Waals surface area contributed by atoms with Crippen molar-refractivity contribution in [3.05, 3.63) is 71.3 Å². The summed E-state index contributed by atoms with van der Waals surface area (Å²) >= 11 is 0. The quantitative estimate of drug-likeness (QED) is 0.858. The lowest BCUT2D eigenvalue weighted by atomic mass is 10.0. The zero-order valence-electron chi connectivity index (χ0n) is 12.6. The van der Waals surface area contributed by atoms with Crippen molar-refractivity contribution in [1.82, 2.24) is 5.32 Å². The largest absolute Gasteiger partial charge is 0.368 e. The van der Waals surface area contributed by atoms with Gasteiger partial charge in [0.25, 0.3) is 0 Å². The second-order valence-electron chi connectivity index (χ2n) is 5.30. The third kappa shape index (κ3) is 4.45. The molecule has 0 radical (unpaired) electrons. The van der Waals surface area contributed by atoms with Gasteiger partial charge in [0.15, 0.2) is 0 Å². The molecule has 0 unspecified atom stereocenters. The van der Waals surface area contributed by atoms with E-state index in [4.69, 9.17) is 5.73 Å². The summed E-state index contributed by atoms with van der Waals surface area (Å²) in [5.41, 5.74) is 8.36. The van der Waals surface area contributed by atoms with E-state index in [0.29, 0.717) is 18.4 Å². The lowest BCUT2D eigenvalue weighted by molar-refractivity contribution is -0.127. The van der Waals surface area contributed by atoms with Crippen LogP contribution in [-0.2, 0) is 16.0 Å². The number of benzene rings is 2. The Kier molecular flexibility index (Phi) is 5.31. The Bertz CT molecular complexity index is 636. The standard InChI is InChI=1S/C18H20N2O2/c1-13-7-9-14(10-8-13)11-12-16(21)20-17(18(19)22)15-5-3-2-4-6-15/h2-10,17H,11-12H2,1H3,(H2,19,22)(H,20,21)/t17-/m1/s1. The molecule has 0 spiro atoms. The molecule has 114 valence electrons. The van der Waals surface area contributed by atoms with Crippen molar-refractivity contribution in [3.8, 4) is 0 Å². The molecule has 4 nitrogen and oxygen atoms in total. The molecule has 22 heavy (non-hydrogen) atoms. The summed E-state index contributed by atoms with van der Waals surface area (Å²) in [6.45, 7) is 2.02. The highest BCUT2D eigenvalue weighted by Crippen LogP contribution is 2.12. The fourth-order valence-corrected chi connectivity index (χ4v) is 2.21. The van der Waals surface area contributed by atoms with Gasteiger partial charge in [-0.05, 0) is 24.5 Å². The van der Waals surface area contributed by atoms with E-state index in [-0.39, 0.29) is 5.91 Å². The molecule has 4 heteroatoms. The van der Waals surface area contributed by atoms with Crippen molar-refractivity contribution in [2.75, 3.05) is 0 Å². The highest BCUT2D eigenvalue weighted by Gasteiger charge is 2.19. The van der Waals surface area contributed by atoms with Crippen molar-refractivity contribution in [3.63, 3.8) is 0 Å². The molecule has 3 N–H and O–H groups in total. The Hall–Kier alpha value is -2.62. The maximum Gasteiger partial charge on any atom is 0.244 e. The van der Waals surface area contributed by atoms with Gasteiger partial charge in [0, 0.05) is 6.42 Å². The van der Waals surface area contributed by atoms with Crippen LogP contribution in [0.2, 0.25) is 0 Å². The summed E-state index contributed by atoms with van der Waals surface area (Å²) in [6, 6.07) is 16.3. The van der Waals surface area contributed by atoms with Gasteiger partial charge in [0.05, 0.1) is 0 Å². The molecular formula is C18H20N2O2. The summed E-state index contributed by atoms with van der Waals surface area (Å²) in [6.07, 6.45) is 0.950. The van der Waals surface area contributed by atoms with Crippen LogP contribution in [0.4, 0.5) is 0 Å². The summed E-state index contributed by atoms with van der Waals surface area (Å²) in [7, 11) is 0. The molecule has 2 rings (SSSR count). The Labute approximate surface area is 130 Å². The molecule has 2 amide bonds. The molecule has 0 heterocycles. The van der Waals surface area contributed by atoms with Crippen LogP contribution in [0.25, 0.3) is 0 Å². The summed E-state index contributed by atoms with van der Waals surface area (Å²) < 4.78 is 0. The number of primary amides is 1. The number of carbonyl (C=O) groups is 2. The van der Waals surface area contributed by atoms with Gasteiger partial charge in [0.1, 0.15) is 6.04 Å². The molecule has 2 aromatic rings. The Morgan fingerprint density at radius 1 is 1.05 bits per heavy atom. The molecule has 0 saturated heterocycles. The fraction of sp³-hybridized carbons (Fsp3) is 0.222. The van der Waals surface area contributed by atoms with Crippen LogP contribution in [0.15, 0.2) is 54.6 Å². The van der Waals surface area contributed by atoms with Crippen LogP contribution in [-0.4, -0.2) is 11.8 Å². The van der Waals surface area contributed by atoms with Crippen LogP contribution in [0.5, 0.6) is 0 Å².